The quantitative estimate of drug-likeness (QED) is 0.176. The van der Waals surface area contributed by atoms with Crippen LogP contribution in [-0.2, 0) is 0 Å². The van der Waals surface area contributed by atoms with Gasteiger partial charge in [0, 0.05) is 59.9 Å². The largest absolute Gasteiger partial charge is 0.309 e. The molecule has 19 rings (SSSR count). The maximum atomic E-state index is 5.63. The second-order valence-electron chi connectivity index (χ2n) is 20.5. The molecule has 0 aliphatic carbocycles. The molecule has 0 spiro atoms. The van der Waals surface area contributed by atoms with Gasteiger partial charge in [-0.15, -0.1) is 0 Å². The predicted molar refractivity (Wildman–Crippen MR) is 313 cm³/mol. The Hall–Kier alpha value is -10.4. The summed E-state index contributed by atoms with van der Waals surface area (Å²) in [6.07, 6.45) is 0. The number of nitrogens with zero attached hydrogens (tertiary/aromatic N) is 8. The maximum Gasteiger partial charge on any atom is 0.220 e. The molecular formula is C68H38N8. The van der Waals surface area contributed by atoms with Crippen LogP contribution < -0.4 is 0 Å². The van der Waals surface area contributed by atoms with E-state index in [0.29, 0.717) is 0 Å². The van der Waals surface area contributed by atoms with E-state index in [0.717, 1.165) is 72.6 Å². The second kappa shape index (κ2) is 13.8. The van der Waals surface area contributed by atoms with Crippen LogP contribution in [0.2, 0.25) is 0 Å². The lowest BCUT2D eigenvalue weighted by molar-refractivity contribution is 1.18. The first-order valence-electron chi connectivity index (χ1n) is 26.0. The Morgan fingerprint density at radius 3 is 1.57 bits per heavy atom. The molecule has 8 heterocycles. The molecule has 0 amide bonds. The van der Waals surface area contributed by atoms with Crippen LogP contribution in [0.1, 0.15) is 0 Å². The van der Waals surface area contributed by atoms with Crippen LogP contribution in [-0.4, -0.2) is 36.7 Å². The van der Waals surface area contributed by atoms with Gasteiger partial charge in [0.15, 0.2) is 0 Å². The van der Waals surface area contributed by atoms with E-state index in [1.807, 2.05) is 0 Å². The first-order chi connectivity index (χ1) is 37.7. The molecule has 8 aromatic heterocycles. The number of para-hydroxylation sites is 9. The third kappa shape index (κ3) is 4.68. The molecule has 8 heteroatoms. The van der Waals surface area contributed by atoms with E-state index in [4.69, 9.17) is 9.97 Å². The lowest BCUT2D eigenvalue weighted by Crippen LogP contribution is -1.98. The van der Waals surface area contributed by atoms with Crippen LogP contribution in [0.3, 0.4) is 0 Å². The smallest absolute Gasteiger partial charge is 0.220 e. The number of hydrogen-bond acceptors (Lipinski definition) is 2. The van der Waals surface area contributed by atoms with E-state index in [1.165, 1.54) is 92.9 Å². The standard InChI is InChI=1S/C68H38N8/c1-6-25-53-42(15-1)43-16-2-7-26-54(43)72(53)55-27-8-3-17-44(55)45-20-11-21-46-47-22-13-32-62-66(47)76(64(45)46)68-70-52-37-39(33-35-59(52)74(62)68)41-19-12-30-60-63(41)49-18-4-9-28-56(49)71(60)40-34-36-57-50(38-40)48-23-14-31-61-65(48)75(57)67-69-51-24-5-10-29-58(51)73(61)67/h1-38H. The minimum Gasteiger partial charge on any atom is -0.309 e. The molecule has 0 aliphatic rings. The van der Waals surface area contributed by atoms with Crippen molar-refractivity contribution in [2.24, 2.45) is 0 Å². The summed E-state index contributed by atoms with van der Waals surface area (Å²) < 4.78 is 14.3. The van der Waals surface area contributed by atoms with Crippen molar-refractivity contribution in [3.05, 3.63) is 231 Å². The molecule has 0 unspecified atom stereocenters. The highest BCUT2D eigenvalue weighted by molar-refractivity contribution is 6.21. The summed E-state index contributed by atoms with van der Waals surface area (Å²) in [7, 11) is 0. The van der Waals surface area contributed by atoms with E-state index in [1.54, 1.807) is 0 Å². The van der Waals surface area contributed by atoms with Crippen molar-refractivity contribution in [2.75, 3.05) is 0 Å². The molecule has 0 radical (unpaired) electrons. The SMILES string of the molecule is c1ccc(-n2c3ccccc3c3ccccc32)c(-c2cccc3c4cccc5c4n(c23)c2nc3cc(-c4cccc6c4c4ccccc4n6-c4ccc6c(c4)c4cccc7c4n6c4nc6ccccc6n74)ccc3n52)c1. The number of fused-ring (bicyclic) bond motifs is 22. The van der Waals surface area contributed by atoms with Gasteiger partial charge in [-0.3, -0.25) is 17.6 Å². The second-order valence-corrected chi connectivity index (χ2v) is 20.5. The summed E-state index contributed by atoms with van der Waals surface area (Å²) in [5, 5.41) is 9.80. The van der Waals surface area contributed by atoms with Crippen LogP contribution >= 0.6 is 0 Å². The molecular weight excluding hydrogens is 929 g/mol. The van der Waals surface area contributed by atoms with Gasteiger partial charge in [0.05, 0.1) is 82.9 Å². The van der Waals surface area contributed by atoms with Crippen LogP contribution in [0, 0.1) is 0 Å². The first-order valence-corrected chi connectivity index (χ1v) is 26.0. The number of benzene rings is 11. The van der Waals surface area contributed by atoms with Gasteiger partial charge >= 0.3 is 0 Å². The number of hydrogen-bond donors (Lipinski definition) is 0. The Balaban J connectivity index is 0.808. The number of aromatic nitrogens is 8. The Labute approximate surface area is 430 Å². The van der Waals surface area contributed by atoms with Gasteiger partial charge in [-0.25, -0.2) is 9.97 Å². The molecule has 0 aliphatic heterocycles. The monoisotopic (exact) mass is 966 g/mol. The Bertz CT molecular complexity index is 5680. The third-order valence-electron chi connectivity index (χ3n) is 16.9. The van der Waals surface area contributed by atoms with Gasteiger partial charge in [-0.05, 0) is 96.1 Å². The fraction of sp³-hybridized carbons (Fsp3) is 0. The fourth-order valence-electron chi connectivity index (χ4n) is 13.9. The molecule has 11 aromatic carbocycles. The lowest BCUT2D eigenvalue weighted by Gasteiger charge is -2.15. The molecule has 76 heavy (non-hydrogen) atoms. The van der Waals surface area contributed by atoms with Crippen molar-refractivity contribution in [3.63, 3.8) is 0 Å². The van der Waals surface area contributed by atoms with Gasteiger partial charge in [0.25, 0.3) is 0 Å². The molecule has 8 nitrogen and oxygen atoms in total. The van der Waals surface area contributed by atoms with Crippen LogP contribution in [0.25, 0.3) is 166 Å². The summed E-state index contributed by atoms with van der Waals surface area (Å²) in [6, 6.07) is 84.4. The van der Waals surface area contributed by atoms with E-state index in [9.17, 15) is 0 Å². The van der Waals surface area contributed by atoms with E-state index >= 15 is 0 Å². The number of imidazole rings is 4. The minimum absolute atomic E-state index is 0.908. The van der Waals surface area contributed by atoms with Crippen molar-refractivity contribution >= 4 is 132 Å². The van der Waals surface area contributed by atoms with Gasteiger partial charge in [-0.2, -0.15) is 0 Å². The average Bonchev–Trinajstić information content (AvgIpc) is 4.45. The molecule has 0 saturated heterocycles. The Kier molecular flexibility index (Phi) is 7.10. The van der Waals surface area contributed by atoms with Crippen LogP contribution in [0.4, 0.5) is 0 Å². The average molecular weight is 967 g/mol. The van der Waals surface area contributed by atoms with Crippen LogP contribution in [0.5, 0.6) is 0 Å². The van der Waals surface area contributed by atoms with E-state index in [-0.39, 0.29) is 0 Å². The third-order valence-corrected chi connectivity index (χ3v) is 16.9. The Morgan fingerprint density at radius 2 is 0.776 bits per heavy atom. The molecule has 0 fully saturated rings. The van der Waals surface area contributed by atoms with Gasteiger partial charge in [-0.1, -0.05) is 146 Å². The normalized spacial score (nSPS) is 12.7. The van der Waals surface area contributed by atoms with Crippen molar-refractivity contribution in [3.8, 4) is 33.6 Å². The summed E-state index contributed by atoms with van der Waals surface area (Å²) in [6.45, 7) is 0. The first kappa shape index (κ1) is 39.1. The van der Waals surface area contributed by atoms with Crippen LogP contribution in [0.15, 0.2) is 231 Å². The molecule has 0 N–H and O–H groups in total. The molecule has 19 aromatic rings. The highest BCUT2D eigenvalue weighted by Crippen LogP contribution is 2.46. The summed E-state index contributed by atoms with van der Waals surface area (Å²) in [5.41, 5.74) is 22.8. The predicted octanol–water partition coefficient (Wildman–Crippen LogP) is 16.8. The van der Waals surface area contributed by atoms with Gasteiger partial charge < -0.3 is 9.13 Å². The van der Waals surface area contributed by atoms with Gasteiger partial charge in [0.2, 0.25) is 11.6 Å². The zero-order valence-electron chi connectivity index (χ0n) is 40.5. The summed E-state index contributed by atoms with van der Waals surface area (Å²) in [5.74, 6) is 1.85. The molecule has 0 atom stereocenters. The zero-order valence-corrected chi connectivity index (χ0v) is 40.5. The topological polar surface area (TPSA) is 53.3 Å². The lowest BCUT2D eigenvalue weighted by atomic mass is 9.99. The van der Waals surface area contributed by atoms with Crippen molar-refractivity contribution in [1.82, 2.24) is 36.7 Å². The zero-order chi connectivity index (χ0) is 49.1. The highest BCUT2D eigenvalue weighted by atomic mass is 15.2. The fourth-order valence-corrected chi connectivity index (χ4v) is 13.9. The van der Waals surface area contributed by atoms with Crippen molar-refractivity contribution < 1.29 is 0 Å². The minimum atomic E-state index is 0.908. The number of rotatable bonds is 4. The Morgan fingerprint density at radius 1 is 0.263 bits per heavy atom. The van der Waals surface area contributed by atoms with Crippen molar-refractivity contribution in [1.29, 1.82) is 0 Å². The summed E-state index contributed by atoms with van der Waals surface area (Å²) in [4.78, 5) is 10.8. The molecule has 350 valence electrons. The maximum absolute atomic E-state index is 5.63. The molecule has 0 bridgehead atoms. The van der Waals surface area contributed by atoms with E-state index in [2.05, 4.69) is 257 Å². The van der Waals surface area contributed by atoms with Gasteiger partial charge in [0.1, 0.15) is 0 Å². The van der Waals surface area contributed by atoms with Crippen molar-refractivity contribution in [2.45, 2.75) is 0 Å². The van der Waals surface area contributed by atoms with E-state index < -0.39 is 0 Å². The summed E-state index contributed by atoms with van der Waals surface area (Å²) >= 11 is 0. The molecule has 0 saturated carbocycles. The highest BCUT2D eigenvalue weighted by Gasteiger charge is 2.26.